The number of nitrogens with zero attached hydrogens (tertiary/aromatic N) is 4. The summed E-state index contributed by atoms with van der Waals surface area (Å²) >= 11 is 0. The first kappa shape index (κ1) is 14.7. The number of carbonyl (C=O) groups is 1. The van der Waals surface area contributed by atoms with Gasteiger partial charge in [-0.15, -0.1) is 0 Å². The highest BCUT2D eigenvalue weighted by atomic mass is 16.5. The number of aliphatic hydroxyl groups is 1. The summed E-state index contributed by atoms with van der Waals surface area (Å²) in [6, 6.07) is 5.54. The van der Waals surface area contributed by atoms with E-state index in [9.17, 15) is 9.90 Å². The molecule has 7 nitrogen and oxygen atoms in total. The lowest BCUT2D eigenvalue weighted by Gasteiger charge is -2.34. The van der Waals surface area contributed by atoms with Gasteiger partial charge < -0.3 is 14.7 Å². The first-order valence-electron chi connectivity index (χ1n) is 7.21. The molecule has 22 heavy (non-hydrogen) atoms. The second kappa shape index (κ2) is 6.25. The summed E-state index contributed by atoms with van der Waals surface area (Å²) in [5, 5.41) is 17.6. The third-order valence-corrected chi connectivity index (χ3v) is 3.63. The highest BCUT2D eigenvalue weighted by molar-refractivity contribution is 5.98. The maximum atomic E-state index is 12.9. The van der Waals surface area contributed by atoms with Gasteiger partial charge >= 0.3 is 0 Å². The summed E-state index contributed by atoms with van der Waals surface area (Å²) in [4.78, 5) is 15.9. The van der Waals surface area contributed by atoms with Crippen molar-refractivity contribution in [1.82, 2.24) is 19.9 Å². The molecule has 116 valence electrons. The average Bonchev–Trinajstić information content (AvgIpc) is 3.08. The molecule has 1 atom stereocenters. The van der Waals surface area contributed by atoms with Crippen molar-refractivity contribution in [3.63, 3.8) is 0 Å². The van der Waals surface area contributed by atoms with Crippen molar-refractivity contribution in [3.05, 3.63) is 41.7 Å². The number of aliphatic hydroxyl groups excluding tert-OH is 1. The molecule has 7 heteroatoms. The van der Waals surface area contributed by atoms with Crippen LogP contribution in [-0.4, -0.2) is 56.9 Å². The minimum absolute atomic E-state index is 0.185. The van der Waals surface area contributed by atoms with Crippen molar-refractivity contribution in [2.24, 2.45) is 0 Å². The summed E-state index contributed by atoms with van der Waals surface area (Å²) in [5.74, 6) is -0.185. The van der Waals surface area contributed by atoms with Gasteiger partial charge in [-0.1, -0.05) is 11.6 Å². The average molecular weight is 302 g/mol. The molecular weight excluding hydrogens is 284 g/mol. The summed E-state index contributed by atoms with van der Waals surface area (Å²) in [7, 11) is 0. The van der Waals surface area contributed by atoms with E-state index in [-0.39, 0.29) is 12.5 Å². The van der Waals surface area contributed by atoms with Crippen LogP contribution in [0.2, 0.25) is 0 Å². The molecular formula is C15H18N4O3. The molecule has 2 aromatic rings. The first-order valence-corrected chi connectivity index (χ1v) is 7.21. The SMILES string of the molecule is Cc1ccc(-n2nccn2)c(C(=O)N2CCCO[C@@H]2CO)c1. The van der Waals surface area contributed by atoms with E-state index in [0.717, 1.165) is 12.0 Å². The monoisotopic (exact) mass is 302 g/mol. The van der Waals surface area contributed by atoms with Crippen LogP contribution in [0.1, 0.15) is 22.3 Å². The molecule has 1 N–H and O–H groups in total. The smallest absolute Gasteiger partial charge is 0.258 e. The normalized spacial score (nSPS) is 18.5. The van der Waals surface area contributed by atoms with Crippen LogP contribution < -0.4 is 0 Å². The van der Waals surface area contributed by atoms with E-state index in [1.165, 1.54) is 4.80 Å². The van der Waals surface area contributed by atoms with Crippen LogP contribution >= 0.6 is 0 Å². The molecule has 1 aromatic heterocycles. The number of aryl methyl sites for hydroxylation is 1. The molecule has 2 heterocycles. The molecule has 0 bridgehead atoms. The van der Waals surface area contributed by atoms with E-state index in [1.54, 1.807) is 17.3 Å². The van der Waals surface area contributed by atoms with Gasteiger partial charge in [0.25, 0.3) is 5.91 Å². The Kier molecular flexibility index (Phi) is 4.17. The Labute approximate surface area is 128 Å². The Bertz CT molecular complexity index is 657. The van der Waals surface area contributed by atoms with Gasteiger partial charge in [-0.25, -0.2) is 0 Å². The topological polar surface area (TPSA) is 80.5 Å². The standard InChI is InChI=1S/C15H18N4O3/c1-11-3-4-13(19-16-5-6-17-19)12(9-11)15(21)18-7-2-8-22-14(18)10-20/h3-6,9,14,20H,2,7-8,10H2,1H3/t14-/m1/s1. The zero-order valence-electron chi connectivity index (χ0n) is 12.3. The molecule has 1 aliphatic heterocycles. The quantitative estimate of drug-likeness (QED) is 0.905. The number of hydrogen-bond donors (Lipinski definition) is 1. The third kappa shape index (κ3) is 2.72. The van der Waals surface area contributed by atoms with Gasteiger partial charge in [-0.3, -0.25) is 4.79 Å². The van der Waals surface area contributed by atoms with E-state index < -0.39 is 6.23 Å². The molecule has 1 fully saturated rings. The zero-order chi connectivity index (χ0) is 15.5. The molecule has 1 amide bonds. The molecule has 0 unspecified atom stereocenters. The van der Waals surface area contributed by atoms with Crippen LogP contribution in [0.5, 0.6) is 0 Å². The van der Waals surface area contributed by atoms with Crippen LogP contribution in [0.3, 0.4) is 0 Å². The number of hydrogen-bond acceptors (Lipinski definition) is 5. The van der Waals surface area contributed by atoms with Crippen molar-refractivity contribution < 1.29 is 14.6 Å². The van der Waals surface area contributed by atoms with Gasteiger partial charge in [0.1, 0.15) is 0 Å². The molecule has 1 saturated heterocycles. The Morgan fingerprint density at radius 3 is 2.91 bits per heavy atom. The van der Waals surface area contributed by atoms with Crippen LogP contribution in [0.25, 0.3) is 5.69 Å². The Morgan fingerprint density at radius 1 is 1.41 bits per heavy atom. The van der Waals surface area contributed by atoms with Gasteiger partial charge in [-0.05, 0) is 25.5 Å². The number of carbonyl (C=O) groups excluding carboxylic acids is 1. The van der Waals surface area contributed by atoms with Crippen molar-refractivity contribution in [3.8, 4) is 5.69 Å². The second-order valence-electron chi connectivity index (χ2n) is 5.20. The van der Waals surface area contributed by atoms with E-state index in [0.29, 0.717) is 24.4 Å². The van der Waals surface area contributed by atoms with E-state index >= 15 is 0 Å². The summed E-state index contributed by atoms with van der Waals surface area (Å²) in [5.41, 5.74) is 2.08. The molecule has 0 spiro atoms. The van der Waals surface area contributed by atoms with Crippen LogP contribution in [0, 0.1) is 6.92 Å². The first-order chi connectivity index (χ1) is 10.7. The molecule has 0 saturated carbocycles. The molecule has 1 aromatic carbocycles. The predicted octanol–water partition coefficient (Wildman–Crippen LogP) is 0.757. The Morgan fingerprint density at radius 2 is 2.18 bits per heavy atom. The van der Waals surface area contributed by atoms with E-state index in [2.05, 4.69) is 10.2 Å². The lowest BCUT2D eigenvalue weighted by atomic mass is 10.1. The fourth-order valence-electron chi connectivity index (χ4n) is 2.56. The maximum absolute atomic E-state index is 12.9. The second-order valence-corrected chi connectivity index (χ2v) is 5.20. The fraction of sp³-hybridized carbons (Fsp3) is 0.400. The number of ether oxygens (including phenoxy) is 1. The molecule has 0 radical (unpaired) electrons. The summed E-state index contributed by atoms with van der Waals surface area (Å²) in [6.07, 6.45) is 3.28. The van der Waals surface area contributed by atoms with Gasteiger partial charge in [0.2, 0.25) is 0 Å². The van der Waals surface area contributed by atoms with Gasteiger partial charge in [0, 0.05) is 6.54 Å². The minimum Gasteiger partial charge on any atom is -0.392 e. The Hall–Kier alpha value is -2.25. The van der Waals surface area contributed by atoms with E-state index in [4.69, 9.17) is 4.74 Å². The summed E-state index contributed by atoms with van der Waals surface area (Å²) in [6.45, 7) is 2.82. The number of amides is 1. The number of aromatic nitrogens is 3. The maximum Gasteiger partial charge on any atom is 0.258 e. The fourth-order valence-corrected chi connectivity index (χ4v) is 2.56. The summed E-state index contributed by atoms with van der Waals surface area (Å²) < 4.78 is 5.46. The third-order valence-electron chi connectivity index (χ3n) is 3.63. The van der Waals surface area contributed by atoms with Gasteiger partial charge in [0.05, 0.1) is 36.9 Å². The lowest BCUT2D eigenvalue weighted by molar-refractivity contribution is -0.0996. The van der Waals surface area contributed by atoms with Crippen LogP contribution in [0.4, 0.5) is 0 Å². The van der Waals surface area contributed by atoms with E-state index in [1.807, 2.05) is 25.1 Å². The van der Waals surface area contributed by atoms with Crippen molar-refractivity contribution in [2.45, 2.75) is 19.6 Å². The zero-order valence-corrected chi connectivity index (χ0v) is 12.3. The Balaban J connectivity index is 1.99. The van der Waals surface area contributed by atoms with Crippen LogP contribution in [0.15, 0.2) is 30.6 Å². The van der Waals surface area contributed by atoms with Crippen molar-refractivity contribution in [2.75, 3.05) is 19.8 Å². The highest BCUT2D eigenvalue weighted by Gasteiger charge is 2.29. The molecule has 0 aliphatic carbocycles. The van der Waals surface area contributed by atoms with Gasteiger partial charge in [-0.2, -0.15) is 15.0 Å². The van der Waals surface area contributed by atoms with Gasteiger partial charge in [0.15, 0.2) is 6.23 Å². The number of benzene rings is 1. The van der Waals surface area contributed by atoms with Crippen molar-refractivity contribution >= 4 is 5.91 Å². The minimum atomic E-state index is -0.597. The lowest BCUT2D eigenvalue weighted by Crippen LogP contribution is -2.48. The highest BCUT2D eigenvalue weighted by Crippen LogP contribution is 2.20. The number of rotatable bonds is 3. The van der Waals surface area contributed by atoms with Crippen molar-refractivity contribution in [1.29, 1.82) is 0 Å². The van der Waals surface area contributed by atoms with Crippen LogP contribution in [-0.2, 0) is 4.74 Å². The molecule has 1 aliphatic rings. The molecule has 3 rings (SSSR count). The predicted molar refractivity (Wildman–Crippen MR) is 78.6 cm³/mol. The largest absolute Gasteiger partial charge is 0.392 e.